The highest BCUT2D eigenvalue weighted by Gasteiger charge is 2.16. The fraction of sp³-hybridized carbons (Fsp3) is 0.188. The lowest BCUT2D eigenvalue weighted by Crippen LogP contribution is -2.14. The third-order valence-electron chi connectivity index (χ3n) is 3.06. The Bertz CT molecular complexity index is 781. The summed E-state index contributed by atoms with van der Waals surface area (Å²) in [5.41, 5.74) is 0.353. The first-order valence-corrected chi connectivity index (χ1v) is 7.85. The minimum Gasteiger partial charge on any atom is -0.493 e. The van der Waals surface area contributed by atoms with Crippen LogP contribution >= 0.6 is 23.2 Å². The van der Waals surface area contributed by atoms with E-state index in [4.69, 9.17) is 27.9 Å². The van der Waals surface area contributed by atoms with E-state index in [0.717, 1.165) is 6.42 Å². The van der Waals surface area contributed by atoms with Crippen molar-refractivity contribution in [3.63, 3.8) is 0 Å². The van der Waals surface area contributed by atoms with E-state index in [0.29, 0.717) is 17.4 Å². The molecule has 2 aromatic carbocycles. The number of benzene rings is 2. The third kappa shape index (κ3) is 4.37. The lowest BCUT2D eigenvalue weighted by molar-refractivity contribution is -0.384. The molecule has 24 heavy (non-hydrogen) atoms. The van der Waals surface area contributed by atoms with Crippen molar-refractivity contribution in [2.75, 3.05) is 11.9 Å². The Morgan fingerprint density at radius 3 is 2.62 bits per heavy atom. The number of carbonyl (C=O) groups is 1. The zero-order valence-electron chi connectivity index (χ0n) is 12.7. The lowest BCUT2D eigenvalue weighted by atomic mass is 10.1. The Kier molecular flexibility index (Phi) is 6.00. The van der Waals surface area contributed by atoms with Crippen LogP contribution in [0.5, 0.6) is 5.75 Å². The van der Waals surface area contributed by atoms with Crippen molar-refractivity contribution in [1.29, 1.82) is 0 Å². The molecule has 2 rings (SSSR count). The Morgan fingerprint density at radius 2 is 2.00 bits per heavy atom. The van der Waals surface area contributed by atoms with E-state index in [1.165, 1.54) is 24.3 Å². The maximum absolute atomic E-state index is 12.5. The van der Waals surface area contributed by atoms with Crippen LogP contribution < -0.4 is 10.1 Å². The van der Waals surface area contributed by atoms with Crippen molar-refractivity contribution >= 4 is 40.5 Å². The van der Waals surface area contributed by atoms with Gasteiger partial charge < -0.3 is 10.1 Å². The quantitative estimate of drug-likeness (QED) is 0.577. The minimum atomic E-state index is -0.564. The van der Waals surface area contributed by atoms with Gasteiger partial charge in [-0.1, -0.05) is 30.1 Å². The molecule has 0 bridgehead atoms. The van der Waals surface area contributed by atoms with Crippen molar-refractivity contribution < 1.29 is 14.5 Å². The number of non-ortho nitro benzene ring substituents is 1. The number of anilines is 1. The topological polar surface area (TPSA) is 81.5 Å². The molecule has 1 amide bonds. The molecule has 0 aliphatic carbocycles. The van der Waals surface area contributed by atoms with Crippen LogP contribution in [0.3, 0.4) is 0 Å². The predicted octanol–water partition coefficient (Wildman–Crippen LogP) is 4.94. The number of rotatable bonds is 6. The number of nitro groups is 1. The molecule has 0 aromatic heterocycles. The molecule has 2 aromatic rings. The lowest BCUT2D eigenvalue weighted by Gasteiger charge is -2.12. The molecule has 126 valence electrons. The second kappa shape index (κ2) is 7.99. The summed E-state index contributed by atoms with van der Waals surface area (Å²) in [6.45, 7) is 2.41. The van der Waals surface area contributed by atoms with Gasteiger partial charge in [0.2, 0.25) is 0 Å². The van der Waals surface area contributed by atoms with E-state index in [1.807, 2.05) is 6.92 Å². The molecule has 0 spiro atoms. The van der Waals surface area contributed by atoms with Crippen molar-refractivity contribution in [3.05, 3.63) is 62.1 Å². The number of nitrogens with one attached hydrogen (secondary N) is 1. The van der Waals surface area contributed by atoms with Crippen LogP contribution in [-0.4, -0.2) is 17.4 Å². The van der Waals surface area contributed by atoms with Crippen LogP contribution in [0.1, 0.15) is 23.7 Å². The van der Waals surface area contributed by atoms with Crippen LogP contribution in [0.2, 0.25) is 10.0 Å². The first-order valence-electron chi connectivity index (χ1n) is 7.10. The van der Waals surface area contributed by atoms with E-state index in [-0.39, 0.29) is 22.0 Å². The van der Waals surface area contributed by atoms with Crippen LogP contribution in [0.25, 0.3) is 0 Å². The molecular formula is C16H14Cl2N2O4. The summed E-state index contributed by atoms with van der Waals surface area (Å²) in [5.74, 6) is -0.0730. The average molecular weight is 369 g/mol. The predicted molar refractivity (Wildman–Crippen MR) is 93.3 cm³/mol. The van der Waals surface area contributed by atoms with E-state index < -0.39 is 10.8 Å². The minimum absolute atomic E-state index is 0.0654. The summed E-state index contributed by atoms with van der Waals surface area (Å²) in [5, 5.41) is 13.8. The molecule has 0 radical (unpaired) electrons. The molecule has 0 aliphatic heterocycles. The number of carbonyl (C=O) groups excluding carboxylic acids is 1. The van der Waals surface area contributed by atoms with Gasteiger partial charge in [-0.05, 0) is 30.7 Å². The number of amides is 1. The van der Waals surface area contributed by atoms with Gasteiger partial charge in [-0.15, -0.1) is 0 Å². The number of hydrogen-bond acceptors (Lipinski definition) is 4. The van der Waals surface area contributed by atoms with Gasteiger partial charge in [0.15, 0.2) is 0 Å². The van der Waals surface area contributed by atoms with Crippen molar-refractivity contribution in [2.45, 2.75) is 13.3 Å². The third-order valence-corrected chi connectivity index (χ3v) is 3.61. The second-order valence-corrected chi connectivity index (χ2v) is 5.71. The van der Waals surface area contributed by atoms with E-state index in [9.17, 15) is 14.9 Å². The largest absolute Gasteiger partial charge is 0.493 e. The first-order chi connectivity index (χ1) is 11.4. The van der Waals surface area contributed by atoms with Crippen LogP contribution in [0.4, 0.5) is 11.4 Å². The molecule has 1 N–H and O–H groups in total. The van der Waals surface area contributed by atoms with Gasteiger partial charge in [-0.3, -0.25) is 14.9 Å². The monoisotopic (exact) mass is 368 g/mol. The summed E-state index contributed by atoms with van der Waals surface area (Å²) in [4.78, 5) is 22.6. The Balaban J connectivity index is 2.26. The van der Waals surface area contributed by atoms with Gasteiger partial charge in [0.1, 0.15) is 5.75 Å². The normalized spacial score (nSPS) is 10.3. The second-order valence-electron chi connectivity index (χ2n) is 4.86. The molecule has 8 heteroatoms. The van der Waals surface area contributed by atoms with E-state index in [1.54, 1.807) is 12.1 Å². The van der Waals surface area contributed by atoms with Crippen LogP contribution in [0.15, 0.2) is 36.4 Å². The zero-order valence-corrected chi connectivity index (χ0v) is 14.2. The molecule has 0 unspecified atom stereocenters. The van der Waals surface area contributed by atoms with Gasteiger partial charge in [0, 0.05) is 17.2 Å². The highest BCUT2D eigenvalue weighted by Crippen LogP contribution is 2.29. The zero-order chi connectivity index (χ0) is 17.7. The van der Waals surface area contributed by atoms with Crippen molar-refractivity contribution in [3.8, 4) is 5.75 Å². The van der Waals surface area contributed by atoms with Gasteiger partial charge in [-0.2, -0.15) is 0 Å². The fourth-order valence-corrected chi connectivity index (χ4v) is 2.32. The number of halogens is 2. The molecule has 0 saturated heterocycles. The highest BCUT2D eigenvalue weighted by molar-refractivity contribution is 6.34. The molecule has 0 atom stereocenters. The Morgan fingerprint density at radius 1 is 1.25 bits per heavy atom. The summed E-state index contributed by atoms with van der Waals surface area (Å²) in [6, 6.07) is 8.53. The van der Waals surface area contributed by atoms with Crippen LogP contribution in [0, 0.1) is 10.1 Å². The number of nitrogens with zero attached hydrogens (tertiary/aromatic N) is 1. The van der Waals surface area contributed by atoms with Crippen molar-refractivity contribution in [1.82, 2.24) is 0 Å². The van der Waals surface area contributed by atoms with E-state index in [2.05, 4.69) is 5.32 Å². The molecule has 0 aliphatic rings. The maximum atomic E-state index is 12.5. The maximum Gasteiger partial charge on any atom is 0.271 e. The Labute approximate surface area is 148 Å². The Hall–Kier alpha value is -2.31. The molecule has 6 nitrogen and oxygen atoms in total. The first kappa shape index (κ1) is 18.0. The van der Waals surface area contributed by atoms with Gasteiger partial charge in [0.25, 0.3) is 11.6 Å². The number of hydrogen-bond donors (Lipinski definition) is 1. The van der Waals surface area contributed by atoms with Gasteiger partial charge in [-0.25, -0.2) is 0 Å². The summed E-state index contributed by atoms with van der Waals surface area (Å²) in [7, 11) is 0. The fourth-order valence-electron chi connectivity index (χ4n) is 1.93. The van der Waals surface area contributed by atoms with E-state index >= 15 is 0 Å². The van der Waals surface area contributed by atoms with Crippen LogP contribution in [-0.2, 0) is 0 Å². The van der Waals surface area contributed by atoms with Crippen molar-refractivity contribution in [2.24, 2.45) is 0 Å². The molecule has 0 fully saturated rings. The average Bonchev–Trinajstić information content (AvgIpc) is 2.55. The molecule has 0 heterocycles. The summed E-state index contributed by atoms with van der Waals surface area (Å²) >= 11 is 11.9. The SMILES string of the molecule is CCCOc1ccc(Cl)cc1C(=O)Nc1ccc([N+](=O)[O-])cc1Cl. The number of ether oxygens (including phenoxy) is 1. The summed E-state index contributed by atoms with van der Waals surface area (Å²) in [6.07, 6.45) is 0.790. The number of nitro benzene ring substituents is 1. The molecule has 0 saturated carbocycles. The summed E-state index contributed by atoms with van der Waals surface area (Å²) < 4.78 is 5.54. The standard InChI is InChI=1S/C16H14Cl2N2O4/c1-2-7-24-15-6-3-10(17)8-12(15)16(21)19-14-5-4-11(20(22)23)9-13(14)18/h3-6,8-9H,2,7H2,1H3,(H,19,21). The smallest absolute Gasteiger partial charge is 0.271 e. The van der Waals surface area contributed by atoms with Gasteiger partial charge in [0.05, 0.1) is 27.8 Å². The molecular weight excluding hydrogens is 355 g/mol. The van der Waals surface area contributed by atoms with Gasteiger partial charge >= 0.3 is 0 Å². The highest BCUT2D eigenvalue weighted by atomic mass is 35.5.